The summed E-state index contributed by atoms with van der Waals surface area (Å²) in [5.41, 5.74) is 4.13. The summed E-state index contributed by atoms with van der Waals surface area (Å²) >= 11 is 0. The van der Waals surface area contributed by atoms with E-state index in [1.54, 1.807) is 0 Å². The van der Waals surface area contributed by atoms with Gasteiger partial charge in [-0.15, -0.1) is 0 Å². The number of rotatable bonds is 3. The first kappa shape index (κ1) is 14.2. The van der Waals surface area contributed by atoms with Gasteiger partial charge in [-0.25, -0.2) is 0 Å². The van der Waals surface area contributed by atoms with Crippen LogP contribution in [0.2, 0.25) is 0 Å². The molecule has 21 heavy (non-hydrogen) atoms. The van der Waals surface area contributed by atoms with Crippen LogP contribution in [-0.2, 0) is 0 Å². The average Bonchev–Trinajstić information content (AvgIpc) is 2.55. The van der Waals surface area contributed by atoms with Crippen molar-refractivity contribution in [3.05, 3.63) is 65.7 Å². The molecule has 1 saturated heterocycles. The maximum absolute atomic E-state index is 3.71. The second-order valence-corrected chi connectivity index (χ2v) is 5.87. The molecule has 0 bridgehead atoms. The number of piperazine rings is 1. The number of para-hydroxylation sites is 1. The molecule has 0 aromatic heterocycles. The summed E-state index contributed by atoms with van der Waals surface area (Å²) in [6, 6.07) is 20.5. The molecule has 110 valence electrons. The minimum absolute atomic E-state index is 0.411. The van der Waals surface area contributed by atoms with Crippen molar-refractivity contribution in [3.8, 4) is 0 Å². The van der Waals surface area contributed by atoms with Crippen molar-refractivity contribution < 1.29 is 0 Å². The molecule has 0 aliphatic carbocycles. The van der Waals surface area contributed by atoms with Gasteiger partial charge in [0.05, 0.1) is 0 Å². The quantitative estimate of drug-likeness (QED) is 0.916. The molecule has 0 amide bonds. The lowest BCUT2D eigenvalue weighted by atomic mass is 9.99. The van der Waals surface area contributed by atoms with Crippen molar-refractivity contribution in [2.75, 3.05) is 18.0 Å². The number of nitrogens with one attached hydrogen (secondary N) is 1. The Labute approximate surface area is 127 Å². The van der Waals surface area contributed by atoms with Crippen LogP contribution in [0.1, 0.15) is 30.5 Å². The van der Waals surface area contributed by atoms with Gasteiger partial charge in [-0.3, -0.25) is 0 Å². The molecule has 2 aromatic rings. The molecule has 2 heteroatoms. The predicted molar refractivity (Wildman–Crippen MR) is 89.8 cm³/mol. The smallest absolute Gasteiger partial charge is 0.0499 e. The maximum atomic E-state index is 3.71. The first-order chi connectivity index (χ1) is 10.3. The molecular formula is C19H24N2. The zero-order valence-corrected chi connectivity index (χ0v) is 12.9. The van der Waals surface area contributed by atoms with E-state index in [1.165, 1.54) is 23.2 Å². The summed E-state index contributed by atoms with van der Waals surface area (Å²) < 4.78 is 0. The lowest BCUT2D eigenvalue weighted by Gasteiger charge is -2.42. The van der Waals surface area contributed by atoms with E-state index in [-0.39, 0.29) is 0 Å². The topological polar surface area (TPSA) is 15.3 Å². The summed E-state index contributed by atoms with van der Waals surface area (Å²) in [4.78, 5) is 2.59. The molecule has 0 radical (unpaired) electrons. The lowest BCUT2D eigenvalue weighted by molar-refractivity contribution is 0.392. The van der Waals surface area contributed by atoms with Crippen molar-refractivity contribution in [3.63, 3.8) is 0 Å². The number of nitrogens with zero attached hydrogens (tertiary/aromatic N) is 1. The zero-order chi connectivity index (χ0) is 14.7. The van der Waals surface area contributed by atoms with Crippen LogP contribution in [0.15, 0.2) is 54.6 Å². The normalized spacial score (nSPS) is 22.3. The van der Waals surface area contributed by atoms with Crippen molar-refractivity contribution in [2.24, 2.45) is 0 Å². The molecule has 2 nitrogen and oxygen atoms in total. The summed E-state index contributed by atoms with van der Waals surface area (Å²) in [7, 11) is 0. The summed E-state index contributed by atoms with van der Waals surface area (Å²) in [6.07, 6.45) is 1.17. The van der Waals surface area contributed by atoms with Gasteiger partial charge in [0.2, 0.25) is 0 Å². The average molecular weight is 280 g/mol. The molecule has 2 aromatic carbocycles. The highest BCUT2D eigenvalue weighted by atomic mass is 15.2. The van der Waals surface area contributed by atoms with E-state index < -0.39 is 0 Å². The Balaban J connectivity index is 1.88. The second-order valence-electron chi connectivity index (χ2n) is 5.87. The van der Waals surface area contributed by atoms with Crippen molar-refractivity contribution in [2.45, 2.75) is 32.4 Å². The van der Waals surface area contributed by atoms with E-state index in [0.29, 0.717) is 12.1 Å². The molecule has 2 atom stereocenters. The van der Waals surface area contributed by atoms with Gasteiger partial charge in [-0.1, -0.05) is 55.5 Å². The number of hydrogen-bond acceptors (Lipinski definition) is 2. The van der Waals surface area contributed by atoms with E-state index in [0.717, 1.165) is 13.1 Å². The summed E-state index contributed by atoms with van der Waals surface area (Å²) in [5.74, 6) is 0. The zero-order valence-electron chi connectivity index (χ0n) is 12.9. The molecule has 0 spiro atoms. The van der Waals surface area contributed by atoms with Crippen molar-refractivity contribution in [1.82, 2.24) is 5.32 Å². The van der Waals surface area contributed by atoms with E-state index in [2.05, 4.69) is 78.7 Å². The van der Waals surface area contributed by atoms with E-state index in [9.17, 15) is 0 Å². The van der Waals surface area contributed by atoms with Gasteiger partial charge in [0.25, 0.3) is 0 Å². The van der Waals surface area contributed by atoms with Gasteiger partial charge >= 0.3 is 0 Å². The Bertz CT molecular complexity index is 579. The minimum atomic E-state index is 0.411. The molecule has 3 rings (SSSR count). The second kappa shape index (κ2) is 6.31. The first-order valence-corrected chi connectivity index (χ1v) is 7.90. The van der Waals surface area contributed by atoms with E-state index in [4.69, 9.17) is 0 Å². The third kappa shape index (κ3) is 2.96. The van der Waals surface area contributed by atoms with Crippen molar-refractivity contribution in [1.29, 1.82) is 0 Å². The monoisotopic (exact) mass is 280 g/mol. The van der Waals surface area contributed by atoms with E-state index >= 15 is 0 Å². The third-order valence-electron chi connectivity index (χ3n) is 4.52. The highest BCUT2D eigenvalue weighted by Gasteiger charge is 2.28. The largest absolute Gasteiger partial charge is 0.365 e. The fourth-order valence-corrected chi connectivity index (χ4v) is 3.25. The predicted octanol–water partition coefficient (Wildman–Crippen LogP) is 3.92. The number of aryl methyl sites for hydroxylation is 1. The number of benzene rings is 2. The van der Waals surface area contributed by atoms with Crippen LogP contribution in [-0.4, -0.2) is 19.1 Å². The fraction of sp³-hybridized carbons (Fsp3) is 0.368. The Kier molecular flexibility index (Phi) is 4.26. The lowest BCUT2D eigenvalue weighted by Crippen LogP contribution is -2.52. The van der Waals surface area contributed by atoms with Gasteiger partial charge < -0.3 is 10.2 Å². The van der Waals surface area contributed by atoms with Crippen LogP contribution in [0.4, 0.5) is 5.69 Å². The van der Waals surface area contributed by atoms with Crippen LogP contribution in [0, 0.1) is 6.92 Å². The minimum Gasteiger partial charge on any atom is -0.365 e. The van der Waals surface area contributed by atoms with Gasteiger partial charge in [0.1, 0.15) is 0 Å². The highest BCUT2D eigenvalue weighted by molar-refractivity contribution is 5.54. The van der Waals surface area contributed by atoms with Crippen LogP contribution in [0.5, 0.6) is 0 Å². The van der Waals surface area contributed by atoms with Gasteiger partial charge in [0, 0.05) is 30.9 Å². The van der Waals surface area contributed by atoms with Gasteiger partial charge in [-0.05, 0) is 30.5 Å². The first-order valence-electron chi connectivity index (χ1n) is 7.90. The van der Waals surface area contributed by atoms with Crippen LogP contribution in [0.3, 0.4) is 0 Å². The Hall–Kier alpha value is -1.80. The third-order valence-corrected chi connectivity index (χ3v) is 4.52. The SMILES string of the molecule is CCC1CNC(c2ccccc2)CN1c1ccccc1C. The maximum Gasteiger partial charge on any atom is 0.0499 e. The van der Waals surface area contributed by atoms with Crippen LogP contribution < -0.4 is 10.2 Å². The standard InChI is InChI=1S/C19H24N2/c1-3-17-13-20-18(16-10-5-4-6-11-16)14-21(17)19-12-8-7-9-15(19)2/h4-12,17-18,20H,3,13-14H2,1-2H3. The highest BCUT2D eigenvalue weighted by Crippen LogP contribution is 2.28. The molecular weight excluding hydrogens is 256 g/mol. The molecule has 0 saturated carbocycles. The Morgan fingerprint density at radius 3 is 2.48 bits per heavy atom. The molecule has 2 unspecified atom stereocenters. The summed E-state index contributed by atoms with van der Waals surface area (Å²) in [5, 5.41) is 3.71. The molecule has 1 fully saturated rings. The fourth-order valence-electron chi connectivity index (χ4n) is 3.25. The van der Waals surface area contributed by atoms with E-state index in [1.807, 2.05) is 0 Å². The van der Waals surface area contributed by atoms with Gasteiger partial charge in [-0.2, -0.15) is 0 Å². The molecule has 1 aliphatic rings. The molecule has 1 N–H and O–H groups in total. The number of hydrogen-bond donors (Lipinski definition) is 1. The molecule has 1 aliphatic heterocycles. The summed E-state index contributed by atoms with van der Waals surface area (Å²) in [6.45, 7) is 6.57. The Morgan fingerprint density at radius 2 is 1.76 bits per heavy atom. The van der Waals surface area contributed by atoms with Crippen LogP contribution in [0.25, 0.3) is 0 Å². The number of anilines is 1. The van der Waals surface area contributed by atoms with Crippen molar-refractivity contribution >= 4 is 5.69 Å². The molecule has 1 heterocycles. The van der Waals surface area contributed by atoms with Gasteiger partial charge in [0.15, 0.2) is 0 Å². The Morgan fingerprint density at radius 1 is 1.05 bits per heavy atom. The van der Waals surface area contributed by atoms with Crippen LogP contribution >= 0.6 is 0 Å².